The highest BCUT2D eigenvalue weighted by atomic mass is 16.4. The summed E-state index contributed by atoms with van der Waals surface area (Å²) >= 11 is 0. The largest absolute Gasteiger partial charge is 0.481 e. The Balaban J connectivity index is 2.51. The van der Waals surface area contributed by atoms with E-state index in [0.29, 0.717) is 0 Å². The minimum atomic E-state index is -0.850. The van der Waals surface area contributed by atoms with Crippen LogP contribution in [0, 0.1) is 0 Å². The number of aromatic nitrogens is 3. The molecule has 2 heterocycles. The van der Waals surface area contributed by atoms with Gasteiger partial charge < -0.3 is 5.11 Å². The first kappa shape index (κ1) is 7.72. The minimum Gasteiger partial charge on any atom is -0.481 e. The Morgan fingerprint density at radius 2 is 2.46 bits per heavy atom. The fraction of sp³-hybridized carbons (Fsp3) is 0.125. The lowest BCUT2D eigenvalue weighted by Crippen LogP contribution is -2.00. The summed E-state index contributed by atoms with van der Waals surface area (Å²) in [4.78, 5) is 14.3. The lowest BCUT2D eigenvalue weighted by atomic mass is 10.2. The molecule has 2 rings (SSSR count). The van der Waals surface area contributed by atoms with E-state index in [1.165, 1.54) is 6.33 Å². The summed E-state index contributed by atoms with van der Waals surface area (Å²) in [5.41, 5.74) is 1.47. The molecule has 0 spiro atoms. The molecule has 2 aromatic rings. The maximum Gasteiger partial charge on any atom is 0.307 e. The molecule has 0 saturated heterocycles. The van der Waals surface area contributed by atoms with Gasteiger partial charge in [0.25, 0.3) is 0 Å². The SMILES string of the molecule is O=C(O)Cc1ccn2ncncc12. The van der Waals surface area contributed by atoms with E-state index in [0.717, 1.165) is 11.1 Å². The van der Waals surface area contributed by atoms with Gasteiger partial charge in [-0.1, -0.05) is 0 Å². The molecule has 13 heavy (non-hydrogen) atoms. The predicted molar refractivity (Wildman–Crippen MR) is 44.3 cm³/mol. The van der Waals surface area contributed by atoms with E-state index in [4.69, 9.17) is 5.11 Å². The van der Waals surface area contributed by atoms with Crippen LogP contribution < -0.4 is 0 Å². The molecule has 2 aromatic heterocycles. The Labute approximate surface area is 73.6 Å². The summed E-state index contributed by atoms with van der Waals surface area (Å²) < 4.78 is 1.60. The topological polar surface area (TPSA) is 67.5 Å². The van der Waals surface area contributed by atoms with Crippen molar-refractivity contribution in [1.82, 2.24) is 14.6 Å². The van der Waals surface area contributed by atoms with Gasteiger partial charge in [0.15, 0.2) is 0 Å². The standard InChI is InChI=1S/C8H7N3O2/c12-8(13)3-6-1-2-11-7(6)4-9-5-10-11/h1-2,4-5H,3H2,(H,12,13). The van der Waals surface area contributed by atoms with Crippen molar-refractivity contribution in [1.29, 1.82) is 0 Å². The van der Waals surface area contributed by atoms with Crippen LogP contribution in [0.4, 0.5) is 0 Å². The quantitative estimate of drug-likeness (QED) is 0.719. The van der Waals surface area contributed by atoms with E-state index < -0.39 is 5.97 Å². The third-order valence-electron chi connectivity index (χ3n) is 1.77. The highest BCUT2D eigenvalue weighted by Gasteiger charge is 2.06. The molecule has 0 aromatic carbocycles. The second-order valence-electron chi connectivity index (χ2n) is 2.65. The molecule has 0 aliphatic carbocycles. The van der Waals surface area contributed by atoms with Crippen LogP contribution in [0.25, 0.3) is 5.52 Å². The minimum absolute atomic E-state index is 0.00384. The van der Waals surface area contributed by atoms with Crippen molar-refractivity contribution in [3.63, 3.8) is 0 Å². The monoisotopic (exact) mass is 177 g/mol. The normalized spacial score (nSPS) is 10.5. The van der Waals surface area contributed by atoms with Crippen molar-refractivity contribution >= 4 is 11.5 Å². The predicted octanol–water partition coefficient (Wildman–Crippen LogP) is 0.356. The van der Waals surface area contributed by atoms with Crippen molar-refractivity contribution in [2.75, 3.05) is 0 Å². The molecule has 0 aliphatic rings. The first-order valence-electron chi connectivity index (χ1n) is 3.75. The first-order valence-corrected chi connectivity index (χ1v) is 3.75. The van der Waals surface area contributed by atoms with Crippen LogP contribution in [-0.4, -0.2) is 25.7 Å². The molecule has 66 valence electrons. The Hall–Kier alpha value is -1.91. The number of rotatable bonds is 2. The van der Waals surface area contributed by atoms with Gasteiger partial charge in [-0.25, -0.2) is 9.50 Å². The van der Waals surface area contributed by atoms with Crippen molar-refractivity contribution in [3.05, 3.63) is 30.4 Å². The lowest BCUT2D eigenvalue weighted by Gasteiger charge is -1.94. The van der Waals surface area contributed by atoms with Crippen LogP contribution in [0.15, 0.2) is 24.8 Å². The zero-order chi connectivity index (χ0) is 9.26. The van der Waals surface area contributed by atoms with Gasteiger partial charge in [0.1, 0.15) is 6.33 Å². The fourth-order valence-corrected chi connectivity index (χ4v) is 1.22. The molecule has 0 amide bonds. The molecule has 0 fully saturated rings. The third-order valence-corrected chi connectivity index (χ3v) is 1.77. The molecule has 0 radical (unpaired) electrons. The smallest absolute Gasteiger partial charge is 0.307 e. The Kier molecular flexibility index (Phi) is 1.70. The van der Waals surface area contributed by atoms with E-state index in [9.17, 15) is 4.79 Å². The van der Waals surface area contributed by atoms with Crippen molar-refractivity contribution in [3.8, 4) is 0 Å². The van der Waals surface area contributed by atoms with Crippen molar-refractivity contribution < 1.29 is 9.90 Å². The van der Waals surface area contributed by atoms with E-state index >= 15 is 0 Å². The summed E-state index contributed by atoms with van der Waals surface area (Å²) in [6, 6.07) is 1.73. The van der Waals surface area contributed by atoms with E-state index in [1.807, 2.05) is 0 Å². The first-order chi connectivity index (χ1) is 6.27. The number of carboxylic acids is 1. The second-order valence-corrected chi connectivity index (χ2v) is 2.65. The summed E-state index contributed by atoms with van der Waals surface area (Å²) in [5, 5.41) is 12.5. The Morgan fingerprint density at radius 3 is 3.23 bits per heavy atom. The van der Waals surface area contributed by atoms with Crippen molar-refractivity contribution in [2.24, 2.45) is 0 Å². The second kappa shape index (κ2) is 2.85. The average molecular weight is 177 g/mol. The van der Waals surface area contributed by atoms with E-state index in [1.54, 1.807) is 23.0 Å². The molecule has 0 atom stereocenters. The van der Waals surface area contributed by atoms with Crippen LogP contribution >= 0.6 is 0 Å². The number of hydrogen-bond acceptors (Lipinski definition) is 3. The molecule has 0 aliphatic heterocycles. The van der Waals surface area contributed by atoms with Gasteiger partial charge in [0.05, 0.1) is 18.1 Å². The Bertz CT molecular complexity index is 449. The average Bonchev–Trinajstić information content (AvgIpc) is 2.48. The van der Waals surface area contributed by atoms with Gasteiger partial charge in [-0.3, -0.25) is 4.79 Å². The number of fused-ring (bicyclic) bond motifs is 1. The number of carboxylic acid groups (broad SMARTS) is 1. The van der Waals surface area contributed by atoms with Gasteiger partial charge in [0.2, 0.25) is 0 Å². The van der Waals surface area contributed by atoms with Gasteiger partial charge in [0, 0.05) is 6.20 Å². The summed E-state index contributed by atoms with van der Waals surface area (Å²) in [5.74, 6) is -0.850. The molecule has 5 heteroatoms. The van der Waals surface area contributed by atoms with Crippen molar-refractivity contribution in [2.45, 2.75) is 6.42 Å². The van der Waals surface area contributed by atoms with Crippen LogP contribution in [-0.2, 0) is 11.2 Å². The van der Waals surface area contributed by atoms with Gasteiger partial charge in [-0.2, -0.15) is 5.10 Å². The van der Waals surface area contributed by atoms with Gasteiger partial charge in [-0.05, 0) is 11.6 Å². The van der Waals surface area contributed by atoms with Gasteiger partial charge >= 0.3 is 5.97 Å². The van der Waals surface area contributed by atoms with Gasteiger partial charge in [-0.15, -0.1) is 0 Å². The molecule has 0 bridgehead atoms. The van der Waals surface area contributed by atoms with Crippen LogP contribution in [0.1, 0.15) is 5.56 Å². The summed E-state index contributed by atoms with van der Waals surface area (Å²) in [6.07, 6.45) is 4.74. The van der Waals surface area contributed by atoms with Crippen LogP contribution in [0.5, 0.6) is 0 Å². The van der Waals surface area contributed by atoms with E-state index in [2.05, 4.69) is 10.1 Å². The van der Waals surface area contributed by atoms with Crippen LogP contribution in [0.3, 0.4) is 0 Å². The molecule has 5 nitrogen and oxygen atoms in total. The molecule has 0 unspecified atom stereocenters. The summed E-state index contributed by atoms with van der Waals surface area (Å²) in [6.45, 7) is 0. The van der Waals surface area contributed by atoms with E-state index in [-0.39, 0.29) is 6.42 Å². The lowest BCUT2D eigenvalue weighted by molar-refractivity contribution is -0.136. The highest BCUT2D eigenvalue weighted by Crippen LogP contribution is 2.09. The Morgan fingerprint density at radius 1 is 1.62 bits per heavy atom. The fourth-order valence-electron chi connectivity index (χ4n) is 1.22. The zero-order valence-corrected chi connectivity index (χ0v) is 6.71. The molecular weight excluding hydrogens is 170 g/mol. The van der Waals surface area contributed by atoms with Crippen LogP contribution in [0.2, 0.25) is 0 Å². The highest BCUT2D eigenvalue weighted by molar-refractivity contribution is 5.74. The maximum absolute atomic E-state index is 10.5. The maximum atomic E-state index is 10.5. The number of carbonyl (C=O) groups is 1. The molecule has 1 N–H and O–H groups in total. The third kappa shape index (κ3) is 1.35. The molecule has 0 saturated carbocycles. The number of nitrogens with zero attached hydrogens (tertiary/aromatic N) is 3. The zero-order valence-electron chi connectivity index (χ0n) is 6.71. The number of hydrogen-bond donors (Lipinski definition) is 1. The molecular formula is C8H7N3O2. The number of aliphatic carboxylic acids is 1. The summed E-state index contributed by atoms with van der Waals surface area (Å²) in [7, 11) is 0.